The number of piperazine rings is 1. The van der Waals surface area contributed by atoms with Gasteiger partial charge in [-0.2, -0.15) is 0 Å². The highest BCUT2D eigenvalue weighted by Gasteiger charge is 2.19. The van der Waals surface area contributed by atoms with Crippen LogP contribution in [0.5, 0.6) is 5.75 Å². The first-order valence-electron chi connectivity index (χ1n) is 7.58. The van der Waals surface area contributed by atoms with Gasteiger partial charge >= 0.3 is 0 Å². The molecule has 0 unspecified atom stereocenters. The standard InChI is InChI=1S/C17H19Cl2N3O/c1-23-15-5-3-2-4-14(15)22-8-6-21(7-9-22)12-13-10-16(18)20-17(19)11-13/h2-5,10-11H,6-9,12H2,1H3. The maximum absolute atomic E-state index is 5.97. The number of pyridine rings is 1. The van der Waals surface area contributed by atoms with Crippen molar-refractivity contribution in [1.82, 2.24) is 9.88 Å². The van der Waals surface area contributed by atoms with Gasteiger partial charge in [-0.05, 0) is 29.8 Å². The third kappa shape index (κ3) is 4.08. The number of aromatic nitrogens is 1. The molecular weight excluding hydrogens is 333 g/mol. The Morgan fingerprint density at radius 3 is 2.35 bits per heavy atom. The van der Waals surface area contributed by atoms with Gasteiger partial charge in [-0.3, -0.25) is 4.90 Å². The number of hydrogen-bond donors (Lipinski definition) is 0. The van der Waals surface area contributed by atoms with Gasteiger partial charge in [0.05, 0.1) is 12.8 Å². The van der Waals surface area contributed by atoms with Crippen molar-refractivity contribution < 1.29 is 4.74 Å². The van der Waals surface area contributed by atoms with Crippen LogP contribution in [-0.2, 0) is 6.54 Å². The molecule has 23 heavy (non-hydrogen) atoms. The fourth-order valence-electron chi connectivity index (χ4n) is 2.90. The van der Waals surface area contributed by atoms with Gasteiger partial charge in [0.2, 0.25) is 0 Å². The number of rotatable bonds is 4. The summed E-state index contributed by atoms with van der Waals surface area (Å²) >= 11 is 11.9. The van der Waals surface area contributed by atoms with Crippen LogP contribution in [0.15, 0.2) is 36.4 Å². The fourth-order valence-corrected chi connectivity index (χ4v) is 3.41. The summed E-state index contributed by atoms with van der Waals surface area (Å²) in [5.41, 5.74) is 2.25. The van der Waals surface area contributed by atoms with Crippen molar-refractivity contribution in [2.45, 2.75) is 6.54 Å². The summed E-state index contributed by atoms with van der Waals surface area (Å²) in [5, 5.41) is 0.889. The fraction of sp³-hybridized carbons (Fsp3) is 0.353. The van der Waals surface area contributed by atoms with E-state index in [1.54, 1.807) is 7.11 Å². The van der Waals surface area contributed by atoms with Crippen LogP contribution in [0.4, 0.5) is 5.69 Å². The maximum Gasteiger partial charge on any atom is 0.142 e. The highest BCUT2D eigenvalue weighted by Crippen LogP contribution is 2.28. The van der Waals surface area contributed by atoms with Crippen molar-refractivity contribution in [1.29, 1.82) is 0 Å². The van der Waals surface area contributed by atoms with Gasteiger partial charge in [-0.25, -0.2) is 4.98 Å². The molecule has 1 aliphatic rings. The second kappa shape index (κ2) is 7.39. The summed E-state index contributed by atoms with van der Waals surface area (Å²) in [6, 6.07) is 11.9. The van der Waals surface area contributed by atoms with Crippen LogP contribution in [0, 0.1) is 0 Å². The normalized spacial score (nSPS) is 15.7. The van der Waals surface area contributed by atoms with Gasteiger partial charge in [-0.15, -0.1) is 0 Å². The summed E-state index contributed by atoms with van der Waals surface area (Å²) in [5.74, 6) is 0.925. The first-order valence-corrected chi connectivity index (χ1v) is 8.33. The molecule has 0 bridgehead atoms. The van der Waals surface area contributed by atoms with Gasteiger partial charge < -0.3 is 9.64 Å². The Labute approximate surface area is 146 Å². The zero-order valence-electron chi connectivity index (χ0n) is 13.0. The first kappa shape index (κ1) is 16.4. The van der Waals surface area contributed by atoms with Crippen molar-refractivity contribution in [3.05, 3.63) is 52.3 Å². The molecule has 0 amide bonds. The summed E-state index contributed by atoms with van der Waals surface area (Å²) in [6.45, 7) is 4.73. The zero-order valence-corrected chi connectivity index (χ0v) is 14.5. The quantitative estimate of drug-likeness (QED) is 0.785. The highest BCUT2D eigenvalue weighted by molar-refractivity contribution is 6.32. The Morgan fingerprint density at radius 2 is 1.70 bits per heavy atom. The number of para-hydroxylation sites is 2. The molecular formula is C17H19Cl2N3O. The molecule has 2 heterocycles. The number of nitrogens with zero attached hydrogens (tertiary/aromatic N) is 3. The number of methoxy groups -OCH3 is 1. The van der Waals surface area contributed by atoms with E-state index in [1.807, 2.05) is 30.3 Å². The van der Waals surface area contributed by atoms with Crippen LogP contribution >= 0.6 is 23.2 Å². The summed E-state index contributed by atoms with van der Waals surface area (Å²) in [4.78, 5) is 8.75. The van der Waals surface area contributed by atoms with Gasteiger partial charge in [-0.1, -0.05) is 35.3 Å². The lowest BCUT2D eigenvalue weighted by Crippen LogP contribution is -2.46. The molecule has 0 aliphatic carbocycles. The maximum atomic E-state index is 5.97. The average Bonchev–Trinajstić information content (AvgIpc) is 2.54. The molecule has 0 saturated carbocycles. The van der Waals surface area contributed by atoms with E-state index in [0.717, 1.165) is 49.7 Å². The van der Waals surface area contributed by atoms with E-state index in [9.17, 15) is 0 Å². The Balaban J connectivity index is 1.62. The molecule has 0 atom stereocenters. The van der Waals surface area contributed by atoms with Gasteiger partial charge in [0.25, 0.3) is 0 Å². The molecule has 1 fully saturated rings. The van der Waals surface area contributed by atoms with Crippen LogP contribution in [0.25, 0.3) is 0 Å². The minimum absolute atomic E-state index is 0.445. The molecule has 1 aliphatic heterocycles. The number of anilines is 1. The van der Waals surface area contributed by atoms with E-state index in [-0.39, 0.29) is 0 Å². The minimum Gasteiger partial charge on any atom is -0.495 e. The minimum atomic E-state index is 0.445. The largest absolute Gasteiger partial charge is 0.495 e. The predicted octanol–water partition coefficient (Wildman–Crippen LogP) is 3.72. The third-order valence-corrected chi connectivity index (χ3v) is 4.41. The number of hydrogen-bond acceptors (Lipinski definition) is 4. The molecule has 122 valence electrons. The summed E-state index contributed by atoms with van der Waals surface area (Å²) in [6.07, 6.45) is 0. The molecule has 1 aromatic heterocycles. The summed E-state index contributed by atoms with van der Waals surface area (Å²) < 4.78 is 5.46. The monoisotopic (exact) mass is 351 g/mol. The molecule has 2 aromatic rings. The Bertz CT molecular complexity index is 652. The Kier molecular flexibility index (Phi) is 5.26. The number of benzene rings is 1. The van der Waals surface area contributed by atoms with E-state index in [1.165, 1.54) is 0 Å². The van der Waals surface area contributed by atoms with Gasteiger partial charge in [0.15, 0.2) is 0 Å². The zero-order chi connectivity index (χ0) is 16.2. The van der Waals surface area contributed by atoms with E-state index < -0.39 is 0 Å². The van der Waals surface area contributed by atoms with Crippen molar-refractivity contribution in [3.63, 3.8) is 0 Å². The summed E-state index contributed by atoms with van der Waals surface area (Å²) in [7, 11) is 1.71. The molecule has 1 saturated heterocycles. The lowest BCUT2D eigenvalue weighted by molar-refractivity contribution is 0.249. The first-order chi connectivity index (χ1) is 11.2. The van der Waals surface area contributed by atoms with Crippen LogP contribution in [-0.4, -0.2) is 43.2 Å². The third-order valence-electron chi connectivity index (χ3n) is 4.03. The number of ether oxygens (including phenoxy) is 1. The molecule has 0 N–H and O–H groups in total. The van der Waals surface area contributed by atoms with Crippen molar-refractivity contribution in [2.24, 2.45) is 0 Å². The van der Waals surface area contributed by atoms with E-state index in [4.69, 9.17) is 27.9 Å². The smallest absolute Gasteiger partial charge is 0.142 e. The SMILES string of the molecule is COc1ccccc1N1CCN(Cc2cc(Cl)nc(Cl)c2)CC1. The topological polar surface area (TPSA) is 28.6 Å². The lowest BCUT2D eigenvalue weighted by Gasteiger charge is -2.36. The predicted molar refractivity (Wildman–Crippen MR) is 94.7 cm³/mol. The second-order valence-corrected chi connectivity index (χ2v) is 6.33. The molecule has 6 heteroatoms. The van der Waals surface area contributed by atoms with Crippen LogP contribution < -0.4 is 9.64 Å². The van der Waals surface area contributed by atoms with Crippen LogP contribution in [0.3, 0.4) is 0 Å². The molecule has 0 radical (unpaired) electrons. The van der Waals surface area contributed by atoms with Gasteiger partial charge in [0, 0.05) is 32.7 Å². The highest BCUT2D eigenvalue weighted by atomic mass is 35.5. The molecule has 1 aromatic carbocycles. The van der Waals surface area contributed by atoms with Crippen molar-refractivity contribution >= 4 is 28.9 Å². The Morgan fingerprint density at radius 1 is 1.04 bits per heavy atom. The molecule has 4 nitrogen and oxygen atoms in total. The van der Waals surface area contributed by atoms with E-state index in [2.05, 4.69) is 20.9 Å². The van der Waals surface area contributed by atoms with E-state index >= 15 is 0 Å². The Hall–Kier alpha value is -1.49. The van der Waals surface area contributed by atoms with E-state index in [0.29, 0.717) is 10.3 Å². The molecule has 0 spiro atoms. The van der Waals surface area contributed by atoms with Gasteiger partial charge in [0.1, 0.15) is 16.1 Å². The van der Waals surface area contributed by atoms with Crippen molar-refractivity contribution in [2.75, 3.05) is 38.2 Å². The van der Waals surface area contributed by atoms with Crippen LogP contribution in [0.1, 0.15) is 5.56 Å². The lowest BCUT2D eigenvalue weighted by atomic mass is 10.2. The number of halogens is 2. The average molecular weight is 352 g/mol. The second-order valence-electron chi connectivity index (χ2n) is 5.56. The van der Waals surface area contributed by atoms with Crippen LogP contribution in [0.2, 0.25) is 10.3 Å². The molecule has 3 rings (SSSR count). The van der Waals surface area contributed by atoms with Crippen molar-refractivity contribution in [3.8, 4) is 5.75 Å².